The van der Waals surface area contributed by atoms with Gasteiger partial charge in [0.25, 0.3) is 0 Å². The lowest BCUT2D eigenvalue weighted by Gasteiger charge is -2.19. The van der Waals surface area contributed by atoms with Gasteiger partial charge in [-0.2, -0.15) is 0 Å². The minimum atomic E-state index is -0.673. The molecule has 0 bridgehead atoms. The molecule has 0 amide bonds. The van der Waals surface area contributed by atoms with E-state index in [1.165, 1.54) is 14.2 Å². The highest BCUT2D eigenvalue weighted by Gasteiger charge is 2.24. The number of aromatic nitrogens is 1. The van der Waals surface area contributed by atoms with E-state index in [4.69, 9.17) is 14.5 Å². The molecule has 1 aliphatic heterocycles. The van der Waals surface area contributed by atoms with Crippen LogP contribution in [0.4, 0.5) is 4.32 Å². The topological polar surface area (TPSA) is 69.9 Å². The zero-order valence-corrected chi connectivity index (χ0v) is 25.1. The lowest BCUT2D eigenvalue weighted by molar-refractivity contribution is 0.0592. The molecule has 0 aliphatic carbocycles. The first-order valence-corrected chi connectivity index (χ1v) is 13.9. The van der Waals surface area contributed by atoms with Crippen LogP contribution < -0.4 is 0 Å². The van der Waals surface area contributed by atoms with Crippen molar-refractivity contribution < 1.29 is 23.4 Å². The molecule has 216 valence electrons. The lowest BCUT2D eigenvalue weighted by Crippen LogP contribution is -2.10. The van der Waals surface area contributed by atoms with Gasteiger partial charge in [-0.15, -0.1) is 0 Å². The number of benzene rings is 3. The number of allylic oxidation sites excluding steroid dienone is 2. The van der Waals surface area contributed by atoms with Gasteiger partial charge < -0.3 is 18.3 Å². The van der Waals surface area contributed by atoms with Gasteiger partial charge in [0.1, 0.15) is 0 Å². The second-order valence-electron chi connectivity index (χ2n) is 10.6. The van der Waals surface area contributed by atoms with Crippen LogP contribution in [0.25, 0.3) is 27.8 Å². The molecule has 43 heavy (non-hydrogen) atoms. The van der Waals surface area contributed by atoms with Crippen LogP contribution in [0, 0.1) is 13.8 Å². The molecule has 6 nitrogen and oxygen atoms in total. The summed E-state index contributed by atoms with van der Waals surface area (Å²) in [5.74, 6) is -0.818. The Kier molecular flexibility index (Phi) is 8.30. The number of hydrogen-bond donors (Lipinski definition) is 0. The number of halogens is 1. The first kappa shape index (κ1) is 29.5. The van der Waals surface area contributed by atoms with Crippen LogP contribution >= 0.6 is 0 Å². The summed E-state index contributed by atoms with van der Waals surface area (Å²) < 4.78 is 26.0. The van der Waals surface area contributed by atoms with E-state index in [1.54, 1.807) is 28.7 Å². The average molecular weight is 574 g/mol. The van der Waals surface area contributed by atoms with Gasteiger partial charge in [0, 0.05) is 22.7 Å². The number of carbonyl (C=O) groups is 2. The summed E-state index contributed by atoms with van der Waals surface area (Å²) in [5.41, 5.74) is 11.4. The highest BCUT2D eigenvalue weighted by molar-refractivity contribution is 6.25. The molecular weight excluding hydrogens is 542 g/mol. The maximum atomic E-state index is 14.6. The van der Waals surface area contributed by atoms with Crippen LogP contribution in [-0.4, -0.2) is 44.0 Å². The maximum Gasteiger partial charge on any atom is 0.448 e. The van der Waals surface area contributed by atoms with Gasteiger partial charge in [-0.3, -0.25) is 4.99 Å². The monoisotopic (exact) mass is 574 g/mol. The summed E-state index contributed by atoms with van der Waals surface area (Å²) in [6.45, 7) is 7.86. The lowest BCUT2D eigenvalue weighted by atomic mass is 9.89. The van der Waals surface area contributed by atoms with E-state index in [1.807, 2.05) is 64.1 Å². The van der Waals surface area contributed by atoms with Gasteiger partial charge in [-0.05, 0) is 121 Å². The van der Waals surface area contributed by atoms with Gasteiger partial charge in [0.2, 0.25) is 0 Å². The number of esters is 2. The second kappa shape index (κ2) is 12.1. The third-order valence-corrected chi connectivity index (χ3v) is 7.68. The molecule has 0 saturated carbocycles. The van der Waals surface area contributed by atoms with Crippen LogP contribution in [0.15, 0.2) is 95.1 Å². The molecule has 0 unspecified atom stereocenters. The molecule has 0 N–H and O–H groups in total. The fourth-order valence-electron chi connectivity index (χ4n) is 5.59. The molecule has 1 aliphatic rings. The van der Waals surface area contributed by atoms with Crippen molar-refractivity contribution in [2.75, 3.05) is 14.2 Å². The molecule has 3 aromatic carbocycles. The Morgan fingerprint density at radius 3 is 1.65 bits per heavy atom. The Labute approximate surface area is 251 Å². The molecule has 0 radical (unpaired) electrons. The third-order valence-electron chi connectivity index (χ3n) is 7.68. The predicted octanol–water partition coefficient (Wildman–Crippen LogP) is 7.28. The van der Waals surface area contributed by atoms with Gasteiger partial charge in [0.05, 0.1) is 31.0 Å². The van der Waals surface area contributed by atoms with Crippen LogP contribution in [0.5, 0.6) is 0 Å². The highest BCUT2D eigenvalue weighted by Crippen LogP contribution is 2.40. The van der Waals surface area contributed by atoms with E-state index < -0.39 is 19.6 Å². The molecule has 0 atom stereocenters. The van der Waals surface area contributed by atoms with Gasteiger partial charge in [0.15, 0.2) is 0 Å². The Bertz CT molecular complexity index is 1750. The summed E-state index contributed by atoms with van der Waals surface area (Å²) in [6, 6.07) is 22.6. The van der Waals surface area contributed by atoms with E-state index in [-0.39, 0.29) is 0 Å². The number of carbonyl (C=O) groups excluding carboxylic acids is 2. The Balaban J connectivity index is 1.79. The van der Waals surface area contributed by atoms with Crippen molar-refractivity contribution in [1.82, 2.24) is 4.48 Å². The molecule has 0 fully saturated rings. The maximum absolute atomic E-state index is 14.6. The molecule has 0 saturated heterocycles. The molecule has 4 aromatic rings. The quantitative estimate of drug-likeness (QED) is 0.172. The largest absolute Gasteiger partial charge is 0.465 e. The van der Waals surface area contributed by atoms with Crippen molar-refractivity contribution in [3.63, 3.8) is 0 Å². The zero-order chi connectivity index (χ0) is 30.8. The summed E-state index contributed by atoms with van der Waals surface area (Å²) in [6.07, 6.45) is 2.03. The standard InChI is InChI=1S/C35H32BFN2O4/c1-20-15-22(3)38-32(20)31(33-21(2)16-23(4)39(33)36-37)30-18-28(24-7-11-26(12-8-24)34(40)42-5)17-29(19-30)25-9-13-27(14-10-25)35(41)43-6/h7-19,36H,1-6H3/b32-31-. The number of nitrogens with zero attached hydrogens (tertiary/aromatic N) is 2. The molecule has 5 rings (SSSR count). The fraction of sp³-hybridized carbons (Fsp3) is 0.171. The number of methoxy groups -OCH3 is 2. The second-order valence-corrected chi connectivity index (χ2v) is 10.6. The highest BCUT2D eigenvalue weighted by atomic mass is 19.1. The van der Waals surface area contributed by atoms with E-state index in [0.29, 0.717) is 11.1 Å². The van der Waals surface area contributed by atoms with Crippen LogP contribution in [0.1, 0.15) is 57.1 Å². The predicted molar refractivity (Wildman–Crippen MR) is 170 cm³/mol. The van der Waals surface area contributed by atoms with Crippen LogP contribution in [0.3, 0.4) is 0 Å². The summed E-state index contributed by atoms with van der Waals surface area (Å²) in [5, 5.41) is 0. The summed E-state index contributed by atoms with van der Waals surface area (Å²) in [7, 11) is 2.04. The Morgan fingerprint density at radius 2 is 1.23 bits per heavy atom. The van der Waals surface area contributed by atoms with E-state index in [2.05, 4.69) is 18.2 Å². The van der Waals surface area contributed by atoms with Crippen molar-refractivity contribution in [2.24, 2.45) is 4.99 Å². The van der Waals surface area contributed by atoms with Crippen LogP contribution in [0.2, 0.25) is 0 Å². The van der Waals surface area contributed by atoms with Gasteiger partial charge in [-0.25, -0.2) is 9.59 Å². The van der Waals surface area contributed by atoms with Crippen molar-refractivity contribution in [3.05, 3.63) is 124 Å². The van der Waals surface area contributed by atoms with Crippen molar-refractivity contribution in [1.29, 1.82) is 0 Å². The van der Waals surface area contributed by atoms with Crippen LogP contribution in [-0.2, 0) is 9.47 Å². The minimum Gasteiger partial charge on any atom is -0.465 e. The molecular formula is C35H32BFN2O4. The van der Waals surface area contributed by atoms with Gasteiger partial charge >= 0.3 is 19.6 Å². The average Bonchev–Trinajstić information content (AvgIpc) is 3.51. The number of hydrogen-bond acceptors (Lipinski definition) is 5. The SMILES string of the molecule is COC(=O)c1ccc(-c2cc(/C(=C3/N=C(C)C=C3C)c3c(C)cc(C)n3BF)cc(-c3ccc(C(=O)OC)cc3)c2)cc1. The van der Waals surface area contributed by atoms with Gasteiger partial charge in [-0.1, -0.05) is 24.3 Å². The summed E-state index contributed by atoms with van der Waals surface area (Å²) >= 11 is 0. The molecule has 0 spiro atoms. The third kappa shape index (κ3) is 5.73. The first-order chi connectivity index (χ1) is 20.6. The molecule has 8 heteroatoms. The Morgan fingerprint density at radius 1 is 0.721 bits per heavy atom. The van der Waals surface area contributed by atoms with Crippen molar-refractivity contribution in [3.8, 4) is 22.3 Å². The van der Waals surface area contributed by atoms with E-state index >= 15 is 0 Å². The fourth-order valence-corrected chi connectivity index (χ4v) is 5.59. The zero-order valence-electron chi connectivity index (χ0n) is 25.1. The summed E-state index contributed by atoms with van der Waals surface area (Å²) in [4.78, 5) is 29.1. The smallest absolute Gasteiger partial charge is 0.448 e. The molecule has 1 aromatic heterocycles. The number of aryl methyl sites for hydroxylation is 2. The molecule has 2 heterocycles. The Hall–Kier alpha value is -4.98. The van der Waals surface area contributed by atoms with E-state index in [9.17, 15) is 13.9 Å². The number of ether oxygens (including phenoxy) is 2. The van der Waals surface area contributed by atoms with E-state index in [0.717, 1.165) is 67.3 Å². The normalized spacial score (nSPS) is 13.7. The number of rotatable bonds is 7. The minimum absolute atomic E-state index is 0.409. The first-order valence-electron chi connectivity index (χ1n) is 13.9. The number of aliphatic imine (C=N–C) groups is 1. The van der Waals surface area contributed by atoms with Crippen molar-refractivity contribution in [2.45, 2.75) is 27.7 Å². The van der Waals surface area contributed by atoms with Crippen molar-refractivity contribution >= 4 is 30.9 Å².